The lowest BCUT2D eigenvalue weighted by Crippen LogP contribution is -2.26. The minimum atomic E-state index is -0.736. The van der Waals surface area contributed by atoms with Gasteiger partial charge < -0.3 is 14.5 Å². The number of aliphatic carboxylic acids is 1. The molecule has 1 aromatic heterocycles. The standard InChI is InChI=1S/C20H25N3O3/c1-2-15(20(24)25)7-5-13-26-22-19-17-8-4-3-6-16(17)9-10-18(19)23-12-11-21-14-23/h3-4,6,8,11-12,14-15,18H,2,5,7,9-10,13H2,1H3,(H,24,25)/b22-19+. The summed E-state index contributed by atoms with van der Waals surface area (Å²) in [6.07, 6.45) is 9.41. The number of aromatic nitrogens is 2. The second-order valence-electron chi connectivity index (χ2n) is 6.62. The first-order valence-corrected chi connectivity index (χ1v) is 9.19. The third-order valence-electron chi connectivity index (χ3n) is 4.97. The van der Waals surface area contributed by atoms with Crippen LogP contribution >= 0.6 is 0 Å². The van der Waals surface area contributed by atoms with Crippen molar-refractivity contribution in [3.8, 4) is 0 Å². The highest BCUT2D eigenvalue weighted by atomic mass is 16.6. The Hall–Kier alpha value is -2.63. The van der Waals surface area contributed by atoms with Crippen LogP contribution < -0.4 is 0 Å². The van der Waals surface area contributed by atoms with Gasteiger partial charge >= 0.3 is 5.97 Å². The SMILES string of the molecule is CCC(CCCO/N=C1\c2ccccc2CCC1n1ccnc1)C(=O)O. The Kier molecular flexibility index (Phi) is 6.04. The van der Waals surface area contributed by atoms with Crippen LogP contribution in [0.15, 0.2) is 48.1 Å². The molecule has 0 spiro atoms. The number of carboxylic acid groups (broad SMARTS) is 1. The fourth-order valence-electron chi connectivity index (χ4n) is 3.46. The molecule has 2 aromatic rings. The van der Waals surface area contributed by atoms with Crippen molar-refractivity contribution < 1.29 is 14.7 Å². The summed E-state index contributed by atoms with van der Waals surface area (Å²) in [4.78, 5) is 20.8. The molecule has 2 atom stereocenters. The molecule has 0 aliphatic heterocycles. The van der Waals surface area contributed by atoms with Crippen molar-refractivity contribution in [3.63, 3.8) is 0 Å². The lowest BCUT2D eigenvalue weighted by atomic mass is 9.86. The second kappa shape index (κ2) is 8.65. The summed E-state index contributed by atoms with van der Waals surface area (Å²) in [7, 11) is 0. The number of rotatable bonds is 8. The summed E-state index contributed by atoms with van der Waals surface area (Å²) in [5.74, 6) is -1.04. The maximum absolute atomic E-state index is 11.1. The van der Waals surface area contributed by atoms with Crippen molar-refractivity contribution in [2.24, 2.45) is 11.1 Å². The van der Waals surface area contributed by atoms with Gasteiger partial charge in [0.1, 0.15) is 12.3 Å². The molecule has 1 aromatic carbocycles. The van der Waals surface area contributed by atoms with E-state index in [0.29, 0.717) is 25.9 Å². The molecule has 0 radical (unpaired) electrons. The highest BCUT2D eigenvalue weighted by Crippen LogP contribution is 2.29. The Labute approximate surface area is 153 Å². The third kappa shape index (κ3) is 4.12. The molecule has 26 heavy (non-hydrogen) atoms. The topological polar surface area (TPSA) is 76.7 Å². The van der Waals surface area contributed by atoms with Gasteiger partial charge in [0.05, 0.1) is 18.3 Å². The number of fused-ring (bicyclic) bond motifs is 1. The Morgan fingerprint density at radius 2 is 2.31 bits per heavy atom. The normalized spacial score (nSPS) is 19.1. The molecule has 1 aliphatic carbocycles. The number of nitrogens with zero attached hydrogens (tertiary/aromatic N) is 3. The van der Waals surface area contributed by atoms with Crippen LogP contribution in [0.2, 0.25) is 0 Å². The molecule has 1 heterocycles. The van der Waals surface area contributed by atoms with Gasteiger partial charge in [-0.1, -0.05) is 36.3 Å². The van der Waals surface area contributed by atoms with Gasteiger partial charge in [-0.05, 0) is 37.7 Å². The van der Waals surface area contributed by atoms with Gasteiger partial charge in [-0.2, -0.15) is 0 Å². The Balaban J connectivity index is 1.69. The predicted molar refractivity (Wildman–Crippen MR) is 99.2 cm³/mol. The fraction of sp³-hybridized carbons (Fsp3) is 0.450. The van der Waals surface area contributed by atoms with E-state index in [1.807, 2.05) is 31.6 Å². The van der Waals surface area contributed by atoms with Crippen LogP contribution in [-0.2, 0) is 16.1 Å². The fourth-order valence-corrected chi connectivity index (χ4v) is 3.46. The molecule has 0 saturated carbocycles. The Morgan fingerprint density at radius 3 is 3.04 bits per heavy atom. The summed E-state index contributed by atoms with van der Waals surface area (Å²) in [5, 5.41) is 13.6. The number of oxime groups is 1. The molecular weight excluding hydrogens is 330 g/mol. The number of benzene rings is 1. The zero-order valence-corrected chi connectivity index (χ0v) is 15.0. The van der Waals surface area contributed by atoms with E-state index < -0.39 is 5.97 Å². The van der Waals surface area contributed by atoms with Crippen molar-refractivity contribution in [2.45, 2.75) is 45.1 Å². The van der Waals surface area contributed by atoms with Gasteiger partial charge in [-0.15, -0.1) is 0 Å². The van der Waals surface area contributed by atoms with E-state index in [1.54, 1.807) is 6.20 Å². The molecule has 0 saturated heterocycles. The zero-order valence-electron chi connectivity index (χ0n) is 15.0. The van der Waals surface area contributed by atoms with E-state index in [0.717, 1.165) is 24.1 Å². The van der Waals surface area contributed by atoms with Crippen LogP contribution in [0.25, 0.3) is 0 Å². The smallest absolute Gasteiger partial charge is 0.306 e. The van der Waals surface area contributed by atoms with Crippen molar-refractivity contribution in [1.82, 2.24) is 9.55 Å². The first kappa shape index (κ1) is 18.2. The lowest BCUT2D eigenvalue weighted by Gasteiger charge is -2.27. The van der Waals surface area contributed by atoms with E-state index >= 15 is 0 Å². The largest absolute Gasteiger partial charge is 0.481 e. The number of aryl methyl sites for hydroxylation is 1. The molecule has 0 fully saturated rings. The van der Waals surface area contributed by atoms with E-state index in [-0.39, 0.29) is 12.0 Å². The van der Waals surface area contributed by atoms with Crippen molar-refractivity contribution in [2.75, 3.05) is 6.61 Å². The zero-order chi connectivity index (χ0) is 18.4. The Bertz CT molecular complexity index is 755. The number of imidazole rings is 1. The molecular formula is C20H25N3O3. The monoisotopic (exact) mass is 355 g/mol. The number of carbonyl (C=O) groups is 1. The minimum absolute atomic E-state index is 0.106. The molecule has 138 valence electrons. The summed E-state index contributed by atoms with van der Waals surface area (Å²) in [5.41, 5.74) is 3.31. The molecule has 3 rings (SSSR count). The first-order valence-electron chi connectivity index (χ1n) is 9.19. The molecule has 1 N–H and O–H groups in total. The maximum atomic E-state index is 11.1. The van der Waals surface area contributed by atoms with Gasteiger partial charge in [0.25, 0.3) is 0 Å². The van der Waals surface area contributed by atoms with E-state index in [2.05, 4.69) is 26.8 Å². The van der Waals surface area contributed by atoms with Gasteiger partial charge in [0.2, 0.25) is 0 Å². The number of carboxylic acids is 1. The van der Waals surface area contributed by atoms with Crippen LogP contribution in [0.3, 0.4) is 0 Å². The first-order chi connectivity index (χ1) is 12.7. The molecule has 2 unspecified atom stereocenters. The molecule has 6 heteroatoms. The van der Waals surface area contributed by atoms with E-state index in [9.17, 15) is 4.79 Å². The average molecular weight is 355 g/mol. The average Bonchev–Trinajstić information content (AvgIpc) is 3.18. The predicted octanol–water partition coefficient (Wildman–Crippen LogP) is 3.68. The minimum Gasteiger partial charge on any atom is -0.481 e. The second-order valence-corrected chi connectivity index (χ2v) is 6.62. The van der Waals surface area contributed by atoms with Crippen molar-refractivity contribution in [1.29, 1.82) is 0 Å². The summed E-state index contributed by atoms with van der Waals surface area (Å²) >= 11 is 0. The third-order valence-corrected chi connectivity index (χ3v) is 4.97. The van der Waals surface area contributed by atoms with Crippen LogP contribution in [0.1, 0.15) is 49.8 Å². The quantitative estimate of drug-likeness (QED) is 0.579. The number of hydrogen-bond acceptors (Lipinski definition) is 4. The number of hydrogen-bond donors (Lipinski definition) is 1. The highest BCUT2D eigenvalue weighted by Gasteiger charge is 2.27. The van der Waals surface area contributed by atoms with Gasteiger partial charge in [0, 0.05) is 18.0 Å². The van der Waals surface area contributed by atoms with Gasteiger partial charge in [-0.3, -0.25) is 4.79 Å². The summed E-state index contributed by atoms with van der Waals surface area (Å²) in [6.45, 7) is 2.32. The van der Waals surface area contributed by atoms with E-state index in [1.165, 1.54) is 5.56 Å². The molecule has 0 bridgehead atoms. The van der Waals surface area contributed by atoms with Gasteiger partial charge in [0.15, 0.2) is 0 Å². The van der Waals surface area contributed by atoms with E-state index in [4.69, 9.17) is 9.94 Å². The van der Waals surface area contributed by atoms with Crippen LogP contribution in [-0.4, -0.2) is 32.9 Å². The van der Waals surface area contributed by atoms with Gasteiger partial charge in [-0.25, -0.2) is 4.98 Å². The summed E-state index contributed by atoms with van der Waals surface area (Å²) < 4.78 is 2.07. The molecule has 0 amide bonds. The van der Waals surface area contributed by atoms with Crippen molar-refractivity contribution in [3.05, 3.63) is 54.1 Å². The van der Waals surface area contributed by atoms with Crippen LogP contribution in [0.4, 0.5) is 0 Å². The van der Waals surface area contributed by atoms with Crippen LogP contribution in [0, 0.1) is 5.92 Å². The van der Waals surface area contributed by atoms with Crippen molar-refractivity contribution >= 4 is 11.7 Å². The lowest BCUT2D eigenvalue weighted by molar-refractivity contribution is -0.142. The molecule has 6 nitrogen and oxygen atoms in total. The molecule has 1 aliphatic rings. The summed E-state index contributed by atoms with van der Waals surface area (Å²) in [6, 6.07) is 8.38. The van der Waals surface area contributed by atoms with Crippen LogP contribution in [0.5, 0.6) is 0 Å². The maximum Gasteiger partial charge on any atom is 0.306 e. The highest BCUT2D eigenvalue weighted by molar-refractivity contribution is 6.05. The Morgan fingerprint density at radius 1 is 1.46 bits per heavy atom.